The second-order valence-electron chi connectivity index (χ2n) is 4.02. The highest BCUT2D eigenvalue weighted by Gasteiger charge is 2.17. The van der Waals surface area contributed by atoms with Crippen molar-refractivity contribution in [3.63, 3.8) is 0 Å². The fourth-order valence-electron chi connectivity index (χ4n) is 1.46. The van der Waals surface area contributed by atoms with Crippen LogP contribution in [0.2, 0.25) is 0 Å². The second kappa shape index (κ2) is 8.98. The van der Waals surface area contributed by atoms with E-state index in [1.54, 1.807) is 7.11 Å². The number of carbonyl (C=O) groups excluding carboxylic acids is 1. The minimum Gasteiger partial charge on any atom is -0.460 e. The molecular formula is C13H16FNO6. The Hall–Kier alpha value is -2.06. The Kier molecular flexibility index (Phi) is 7.27. The van der Waals surface area contributed by atoms with E-state index in [-0.39, 0.29) is 18.9 Å². The van der Waals surface area contributed by atoms with Gasteiger partial charge in [-0.1, -0.05) is 0 Å². The molecule has 116 valence electrons. The molecule has 0 aliphatic heterocycles. The number of ether oxygens (including phenoxy) is 3. The summed E-state index contributed by atoms with van der Waals surface area (Å²) < 4.78 is 28.2. The molecule has 1 rings (SSSR count). The van der Waals surface area contributed by atoms with Crippen LogP contribution in [-0.2, 0) is 14.2 Å². The standard InChI is InChI=1S/C13H16FNO6/c1-19-5-2-6-20-7-8-21-13(16)11-9-10(15(17)18)3-4-12(11)14/h3-4,9H,2,5-8H2,1H3. The molecule has 0 atom stereocenters. The molecule has 0 saturated carbocycles. The van der Waals surface area contributed by atoms with Crippen molar-refractivity contribution in [3.8, 4) is 0 Å². The zero-order chi connectivity index (χ0) is 15.7. The van der Waals surface area contributed by atoms with Crippen LogP contribution in [-0.4, -0.2) is 44.4 Å². The lowest BCUT2D eigenvalue weighted by Crippen LogP contribution is -2.13. The van der Waals surface area contributed by atoms with E-state index in [1.165, 1.54) is 0 Å². The minimum absolute atomic E-state index is 0.0616. The van der Waals surface area contributed by atoms with E-state index in [2.05, 4.69) is 0 Å². The average molecular weight is 301 g/mol. The smallest absolute Gasteiger partial charge is 0.341 e. The Balaban J connectivity index is 2.41. The van der Waals surface area contributed by atoms with Crippen LogP contribution in [0.5, 0.6) is 0 Å². The van der Waals surface area contributed by atoms with Gasteiger partial charge in [-0.2, -0.15) is 0 Å². The molecule has 21 heavy (non-hydrogen) atoms. The first kappa shape index (κ1) is 17.0. The van der Waals surface area contributed by atoms with E-state index < -0.39 is 22.3 Å². The van der Waals surface area contributed by atoms with Crippen molar-refractivity contribution < 1.29 is 28.3 Å². The van der Waals surface area contributed by atoms with Crippen molar-refractivity contribution in [1.29, 1.82) is 0 Å². The van der Waals surface area contributed by atoms with Crippen molar-refractivity contribution in [1.82, 2.24) is 0 Å². The Bertz CT molecular complexity index is 494. The molecule has 0 amide bonds. The van der Waals surface area contributed by atoms with E-state index in [0.717, 1.165) is 18.2 Å². The molecule has 7 nitrogen and oxygen atoms in total. The highest BCUT2D eigenvalue weighted by atomic mass is 19.1. The molecule has 0 radical (unpaired) electrons. The maximum Gasteiger partial charge on any atom is 0.341 e. The summed E-state index contributed by atoms with van der Waals surface area (Å²) >= 11 is 0. The van der Waals surface area contributed by atoms with Crippen molar-refractivity contribution >= 4 is 11.7 Å². The fourth-order valence-corrected chi connectivity index (χ4v) is 1.46. The number of nitro groups is 1. The van der Waals surface area contributed by atoms with Crippen LogP contribution in [0.1, 0.15) is 16.8 Å². The molecule has 0 saturated heterocycles. The van der Waals surface area contributed by atoms with Crippen LogP contribution in [0.25, 0.3) is 0 Å². The molecule has 0 bridgehead atoms. The molecule has 0 aromatic heterocycles. The summed E-state index contributed by atoms with van der Waals surface area (Å²) in [5, 5.41) is 10.6. The van der Waals surface area contributed by atoms with Crippen LogP contribution in [0.3, 0.4) is 0 Å². The zero-order valence-electron chi connectivity index (χ0n) is 11.5. The van der Waals surface area contributed by atoms with Gasteiger partial charge in [0.15, 0.2) is 0 Å². The number of methoxy groups -OCH3 is 1. The third kappa shape index (κ3) is 5.84. The van der Waals surface area contributed by atoms with E-state index in [1.807, 2.05) is 0 Å². The lowest BCUT2D eigenvalue weighted by molar-refractivity contribution is -0.384. The molecular weight excluding hydrogens is 285 g/mol. The van der Waals surface area contributed by atoms with E-state index >= 15 is 0 Å². The van der Waals surface area contributed by atoms with Gasteiger partial charge in [0, 0.05) is 32.5 Å². The number of non-ortho nitro benzene ring substituents is 1. The van der Waals surface area contributed by atoms with Crippen molar-refractivity contribution in [2.24, 2.45) is 0 Å². The first-order valence-corrected chi connectivity index (χ1v) is 6.24. The highest BCUT2D eigenvalue weighted by molar-refractivity contribution is 5.90. The molecule has 0 aliphatic carbocycles. The number of hydrogen-bond acceptors (Lipinski definition) is 6. The lowest BCUT2D eigenvalue weighted by Gasteiger charge is -2.06. The van der Waals surface area contributed by atoms with Gasteiger partial charge in [-0.15, -0.1) is 0 Å². The van der Waals surface area contributed by atoms with Gasteiger partial charge in [-0.25, -0.2) is 9.18 Å². The first-order valence-electron chi connectivity index (χ1n) is 6.24. The Morgan fingerprint density at radius 1 is 1.29 bits per heavy atom. The number of esters is 1. The fraction of sp³-hybridized carbons (Fsp3) is 0.462. The summed E-state index contributed by atoms with van der Waals surface area (Å²) in [7, 11) is 1.58. The number of rotatable bonds is 9. The Morgan fingerprint density at radius 3 is 2.71 bits per heavy atom. The summed E-state index contributed by atoms with van der Waals surface area (Å²) in [4.78, 5) is 21.5. The summed E-state index contributed by atoms with van der Waals surface area (Å²) in [6.45, 7) is 1.12. The lowest BCUT2D eigenvalue weighted by atomic mass is 10.2. The van der Waals surface area contributed by atoms with Gasteiger partial charge in [-0.05, 0) is 12.5 Å². The molecule has 0 spiro atoms. The van der Waals surface area contributed by atoms with Gasteiger partial charge >= 0.3 is 5.97 Å². The van der Waals surface area contributed by atoms with Crippen molar-refractivity contribution in [3.05, 3.63) is 39.7 Å². The number of nitrogens with zero attached hydrogens (tertiary/aromatic N) is 1. The maximum atomic E-state index is 13.4. The normalized spacial score (nSPS) is 10.4. The van der Waals surface area contributed by atoms with Crippen LogP contribution >= 0.6 is 0 Å². The van der Waals surface area contributed by atoms with Gasteiger partial charge in [0.2, 0.25) is 0 Å². The monoisotopic (exact) mass is 301 g/mol. The van der Waals surface area contributed by atoms with Crippen molar-refractivity contribution in [2.75, 3.05) is 33.5 Å². The van der Waals surface area contributed by atoms with E-state index in [9.17, 15) is 19.3 Å². The van der Waals surface area contributed by atoms with Gasteiger partial charge in [-0.3, -0.25) is 10.1 Å². The minimum atomic E-state index is -0.961. The summed E-state index contributed by atoms with van der Waals surface area (Å²) in [6.07, 6.45) is 0.712. The molecule has 8 heteroatoms. The highest BCUT2D eigenvalue weighted by Crippen LogP contribution is 2.17. The predicted octanol–water partition coefficient (Wildman–Crippen LogP) is 1.94. The molecule has 1 aromatic rings. The number of benzene rings is 1. The van der Waals surface area contributed by atoms with E-state index in [4.69, 9.17) is 14.2 Å². The predicted molar refractivity (Wildman–Crippen MR) is 70.6 cm³/mol. The number of carbonyl (C=O) groups is 1. The first-order chi connectivity index (χ1) is 10.1. The zero-order valence-corrected chi connectivity index (χ0v) is 11.5. The summed E-state index contributed by atoms with van der Waals surface area (Å²) in [5.41, 5.74) is -0.845. The largest absolute Gasteiger partial charge is 0.460 e. The van der Waals surface area contributed by atoms with Gasteiger partial charge in [0.1, 0.15) is 18.0 Å². The van der Waals surface area contributed by atoms with Crippen LogP contribution in [0.15, 0.2) is 18.2 Å². The SMILES string of the molecule is COCCCOCCOC(=O)c1cc([N+](=O)[O-])ccc1F. The van der Waals surface area contributed by atoms with Gasteiger partial charge in [0.05, 0.1) is 11.5 Å². The van der Waals surface area contributed by atoms with E-state index in [0.29, 0.717) is 19.6 Å². The van der Waals surface area contributed by atoms with Gasteiger partial charge < -0.3 is 14.2 Å². The third-order valence-corrected chi connectivity index (χ3v) is 2.48. The van der Waals surface area contributed by atoms with Crippen LogP contribution < -0.4 is 0 Å². The summed E-state index contributed by atoms with van der Waals surface area (Å²) in [5.74, 6) is -1.83. The molecule has 1 aromatic carbocycles. The second-order valence-corrected chi connectivity index (χ2v) is 4.02. The van der Waals surface area contributed by atoms with Crippen LogP contribution in [0, 0.1) is 15.9 Å². The number of hydrogen-bond donors (Lipinski definition) is 0. The molecule has 0 unspecified atom stereocenters. The third-order valence-electron chi connectivity index (χ3n) is 2.48. The summed E-state index contributed by atoms with van der Waals surface area (Å²) in [6, 6.07) is 2.68. The Labute approximate surface area is 120 Å². The number of halogens is 1. The Morgan fingerprint density at radius 2 is 2.05 bits per heavy atom. The average Bonchev–Trinajstić information content (AvgIpc) is 2.46. The molecule has 0 heterocycles. The topological polar surface area (TPSA) is 87.9 Å². The van der Waals surface area contributed by atoms with Gasteiger partial charge in [0.25, 0.3) is 5.69 Å². The maximum absolute atomic E-state index is 13.4. The molecule has 0 aliphatic rings. The number of nitro benzene ring substituents is 1. The van der Waals surface area contributed by atoms with Crippen LogP contribution in [0.4, 0.5) is 10.1 Å². The molecule has 0 N–H and O–H groups in total. The molecule has 0 fully saturated rings. The van der Waals surface area contributed by atoms with Crippen molar-refractivity contribution in [2.45, 2.75) is 6.42 Å². The quantitative estimate of drug-likeness (QED) is 0.300.